The summed E-state index contributed by atoms with van der Waals surface area (Å²) in [4.78, 5) is 0. The monoisotopic (exact) mass is 221 g/mol. The fourth-order valence-corrected chi connectivity index (χ4v) is 1.89. The van der Waals surface area contributed by atoms with E-state index >= 15 is 0 Å². The minimum absolute atomic E-state index is 0.408. The SMILES string of the molecule is CCCC(C)CNCCc1ccccc1O. The number of para-hydroxylation sites is 1. The molecule has 1 unspecified atom stereocenters. The molecule has 1 aromatic carbocycles. The minimum Gasteiger partial charge on any atom is -0.508 e. The number of hydrogen-bond acceptors (Lipinski definition) is 2. The molecule has 2 nitrogen and oxygen atoms in total. The van der Waals surface area contributed by atoms with Crippen molar-refractivity contribution in [1.29, 1.82) is 0 Å². The molecule has 0 aliphatic carbocycles. The van der Waals surface area contributed by atoms with Crippen molar-refractivity contribution in [2.24, 2.45) is 5.92 Å². The van der Waals surface area contributed by atoms with Crippen LogP contribution < -0.4 is 5.32 Å². The molecule has 0 saturated heterocycles. The second kappa shape index (κ2) is 7.29. The highest BCUT2D eigenvalue weighted by Crippen LogP contribution is 2.15. The number of rotatable bonds is 7. The summed E-state index contributed by atoms with van der Waals surface area (Å²) in [5, 5.41) is 13.0. The molecule has 1 aromatic rings. The largest absolute Gasteiger partial charge is 0.508 e. The Balaban J connectivity index is 2.19. The minimum atomic E-state index is 0.408. The van der Waals surface area contributed by atoms with Crippen LogP contribution >= 0.6 is 0 Å². The van der Waals surface area contributed by atoms with E-state index in [4.69, 9.17) is 0 Å². The molecule has 1 rings (SSSR count). The summed E-state index contributed by atoms with van der Waals surface area (Å²) in [5.74, 6) is 1.15. The molecule has 0 radical (unpaired) electrons. The van der Waals surface area contributed by atoms with Crippen molar-refractivity contribution in [1.82, 2.24) is 5.32 Å². The van der Waals surface area contributed by atoms with Crippen molar-refractivity contribution in [3.63, 3.8) is 0 Å². The van der Waals surface area contributed by atoms with Gasteiger partial charge in [0, 0.05) is 0 Å². The molecule has 0 fully saturated rings. The van der Waals surface area contributed by atoms with Crippen molar-refractivity contribution >= 4 is 0 Å². The van der Waals surface area contributed by atoms with E-state index in [1.165, 1.54) is 12.8 Å². The first kappa shape index (κ1) is 13.0. The highest BCUT2D eigenvalue weighted by molar-refractivity contribution is 5.31. The zero-order valence-corrected chi connectivity index (χ0v) is 10.4. The first-order valence-corrected chi connectivity index (χ1v) is 6.21. The topological polar surface area (TPSA) is 32.3 Å². The van der Waals surface area contributed by atoms with Crippen molar-refractivity contribution < 1.29 is 5.11 Å². The molecule has 0 heterocycles. The predicted molar refractivity (Wildman–Crippen MR) is 68.8 cm³/mol. The average molecular weight is 221 g/mol. The Morgan fingerprint density at radius 1 is 1.31 bits per heavy atom. The molecule has 1 atom stereocenters. The maximum atomic E-state index is 9.58. The van der Waals surface area contributed by atoms with Gasteiger partial charge in [0.15, 0.2) is 0 Å². The summed E-state index contributed by atoms with van der Waals surface area (Å²) in [7, 11) is 0. The van der Waals surface area contributed by atoms with E-state index in [0.29, 0.717) is 5.75 Å². The van der Waals surface area contributed by atoms with Crippen LogP contribution in [0.2, 0.25) is 0 Å². The molecule has 0 aliphatic rings. The average Bonchev–Trinajstić information content (AvgIpc) is 2.27. The number of nitrogens with one attached hydrogen (secondary N) is 1. The Morgan fingerprint density at radius 3 is 2.75 bits per heavy atom. The number of phenolic OH excluding ortho intramolecular Hbond substituents is 1. The maximum absolute atomic E-state index is 9.58. The molecule has 0 saturated carbocycles. The van der Waals surface area contributed by atoms with Gasteiger partial charge in [0.1, 0.15) is 5.75 Å². The smallest absolute Gasteiger partial charge is 0.118 e. The van der Waals surface area contributed by atoms with Gasteiger partial charge >= 0.3 is 0 Å². The highest BCUT2D eigenvalue weighted by Gasteiger charge is 2.01. The van der Waals surface area contributed by atoms with Gasteiger partial charge in [0.25, 0.3) is 0 Å². The number of hydrogen-bond donors (Lipinski definition) is 2. The quantitative estimate of drug-likeness (QED) is 0.694. The molecule has 90 valence electrons. The fraction of sp³-hybridized carbons (Fsp3) is 0.571. The lowest BCUT2D eigenvalue weighted by Gasteiger charge is -2.11. The van der Waals surface area contributed by atoms with Crippen LogP contribution in [-0.2, 0) is 6.42 Å². The molecule has 2 N–H and O–H groups in total. The van der Waals surface area contributed by atoms with Crippen molar-refractivity contribution in [2.75, 3.05) is 13.1 Å². The summed E-state index contributed by atoms with van der Waals surface area (Å²) in [6.07, 6.45) is 3.43. The lowest BCUT2D eigenvalue weighted by Crippen LogP contribution is -2.23. The van der Waals surface area contributed by atoms with E-state index in [2.05, 4.69) is 19.2 Å². The summed E-state index contributed by atoms with van der Waals surface area (Å²) < 4.78 is 0. The van der Waals surface area contributed by atoms with E-state index in [-0.39, 0.29) is 0 Å². The fourth-order valence-electron chi connectivity index (χ4n) is 1.89. The van der Waals surface area contributed by atoms with Crippen molar-refractivity contribution in [3.8, 4) is 5.75 Å². The third-order valence-corrected chi connectivity index (χ3v) is 2.84. The van der Waals surface area contributed by atoms with E-state index in [1.54, 1.807) is 6.07 Å². The molecule has 0 amide bonds. The van der Waals surface area contributed by atoms with Crippen LogP contribution in [0.25, 0.3) is 0 Å². The van der Waals surface area contributed by atoms with Crippen LogP contribution in [-0.4, -0.2) is 18.2 Å². The Kier molecular flexibility index (Phi) is 5.94. The predicted octanol–water partition coefficient (Wildman–Crippen LogP) is 2.96. The summed E-state index contributed by atoms with van der Waals surface area (Å²) in [6, 6.07) is 7.55. The van der Waals surface area contributed by atoms with Crippen LogP contribution in [0.5, 0.6) is 5.75 Å². The molecule has 2 heteroatoms. The van der Waals surface area contributed by atoms with Crippen LogP contribution in [0.1, 0.15) is 32.3 Å². The van der Waals surface area contributed by atoms with Crippen LogP contribution in [0.3, 0.4) is 0 Å². The standard InChI is InChI=1S/C14H23NO/c1-3-6-12(2)11-15-10-9-13-7-4-5-8-14(13)16/h4-5,7-8,12,15-16H,3,6,9-11H2,1-2H3. The third-order valence-electron chi connectivity index (χ3n) is 2.84. The van der Waals surface area contributed by atoms with Crippen molar-refractivity contribution in [2.45, 2.75) is 33.1 Å². The first-order chi connectivity index (χ1) is 7.74. The highest BCUT2D eigenvalue weighted by atomic mass is 16.3. The zero-order valence-electron chi connectivity index (χ0n) is 10.4. The van der Waals surface area contributed by atoms with E-state index in [0.717, 1.165) is 31.0 Å². The molecule has 0 bridgehead atoms. The van der Waals surface area contributed by atoms with Gasteiger partial charge in [-0.15, -0.1) is 0 Å². The first-order valence-electron chi connectivity index (χ1n) is 6.21. The van der Waals surface area contributed by atoms with Gasteiger partial charge in [-0.3, -0.25) is 0 Å². The molecule has 16 heavy (non-hydrogen) atoms. The van der Waals surface area contributed by atoms with Gasteiger partial charge in [-0.2, -0.15) is 0 Å². The van der Waals surface area contributed by atoms with Crippen molar-refractivity contribution in [3.05, 3.63) is 29.8 Å². The second-order valence-corrected chi connectivity index (χ2v) is 4.48. The lowest BCUT2D eigenvalue weighted by molar-refractivity contribution is 0.460. The molecule has 0 spiro atoms. The number of benzene rings is 1. The van der Waals surface area contributed by atoms with Gasteiger partial charge in [0.2, 0.25) is 0 Å². The number of aromatic hydroxyl groups is 1. The Labute approximate surface area is 98.7 Å². The second-order valence-electron chi connectivity index (χ2n) is 4.48. The molecular weight excluding hydrogens is 198 g/mol. The van der Waals surface area contributed by atoms with Crippen LogP contribution in [0, 0.1) is 5.92 Å². The van der Waals surface area contributed by atoms with E-state index in [9.17, 15) is 5.11 Å². The Morgan fingerprint density at radius 2 is 2.06 bits per heavy atom. The van der Waals surface area contributed by atoms with Crippen LogP contribution in [0.4, 0.5) is 0 Å². The molecule has 0 aromatic heterocycles. The summed E-state index contributed by atoms with van der Waals surface area (Å²) in [5.41, 5.74) is 1.03. The van der Waals surface area contributed by atoms with E-state index in [1.807, 2.05) is 18.2 Å². The summed E-state index contributed by atoms with van der Waals surface area (Å²) in [6.45, 7) is 6.50. The van der Waals surface area contributed by atoms with Gasteiger partial charge in [-0.25, -0.2) is 0 Å². The maximum Gasteiger partial charge on any atom is 0.118 e. The van der Waals surface area contributed by atoms with Gasteiger partial charge in [-0.05, 0) is 43.5 Å². The number of phenols is 1. The Hall–Kier alpha value is -1.02. The normalized spacial score (nSPS) is 12.6. The summed E-state index contributed by atoms with van der Waals surface area (Å²) >= 11 is 0. The Bertz CT molecular complexity index is 299. The van der Waals surface area contributed by atoms with Gasteiger partial charge < -0.3 is 10.4 Å². The third kappa shape index (κ3) is 4.67. The molecule has 0 aliphatic heterocycles. The van der Waals surface area contributed by atoms with Gasteiger partial charge in [0.05, 0.1) is 0 Å². The zero-order chi connectivity index (χ0) is 11.8. The lowest BCUT2D eigenvalue weighted by atomic mass is 10.1. The van der Waals surface area contributed by atoms with Gasteiger partial charge in [-0.1, -0.05) is 38.5 Å². The van der Waals surface area contributed by atoms with Crippen LogP contribution in [0.15, 0.2) is 24.3 Å². The van der Waals surface area contributed by atoms with E-state index < -0.39 is 0 Å². The molecular formula is C14H23NO.